The maximum atomic E-state index is 6.17. The molecule has 3 heterocycles. The molecule has 3 nitrogen and oxygen atoms in total. The summed E-state index contributed by atoms with van der Waals surface area (Å²) in [6.07, 6.45) is 5.43. The average molecular weight is 223 g/mol. The Bertz CT molecular complexity index is 246. The monoisotopic (exact) mass is 223 g/mol. The van der Waals surface area contributed by atoms with E-state index < -0.39 is 0 Å². The minimum atomic E-state index is 0.416. The highest BCUT2D eigenvalue weighted by Crippen LogP contribution is 2.33. The molecule has 0 saturated carbocycles. The third-order valence-corrected chi connectivity index (χ3v) is 4.76. The summed E-state index contributed by atoms with van der Waals surface area (Å²) in [5, 5.41) is 0. The fraction of sp³-hybridized carbons (Fsp3) is 1.00. The number of likely N-dealkylation sites (tertiary alicyclic amines) is 1. The fourth-order valence-electron chi connectivity index (χ4n) is 4.19. The SMILES string of the molecule is CC1CC(N)CN(C2CCN3CCCC23)C1. The average Bonchev–Trinajstić information content (AvgIpc) is 2.75. The van der Waals surface area contributed by atoms with Crippen LogP contribution < -0.4 is 5.73 Å². The van der Waals surface area contributed by atoms with Gasteiger partial charge in [-0.1, -0.05) is 6.92 Å². The second-order valence-corrected chi connectivity index (χ2v) is 6.16. The first-order valence-electron chi connectivity index (χ1n) is 6.97. The van der Waals surface area contributed by atoms with Gasteiger partial charge >= 0.3 is 0 Å². The Labute approximate surface area is 99.0 Å². The smallest absolute Gasteiger partial charge is 0.0264 e. The minimum absolute atomic E-state index is 0.416. The van der Waals surface area contributed by atoms with E-state index in [0.717, 1.165) is 24.5 Å². The molecule has 4 atom stereocenters. The number of fused-ring (bicyclic) bond motifs is 1. The molecule has 0 bridgehead atoms. The summed E-state index contributed by atoms with van der Waals surface area (Å²) in [6, 6.07) is 2.09. The van der Waals surface area contributed by atoms with Crippen LogP contribution in [-0.4, -0.2) is 54.1 Å². The number of hydrogen-bond acceptors (Lipinski definition) is 3. The van der Waals surface area contributed by atoms with Crippen LogP contribution >= 0.6 is 0 Å². The molecule has 0 aliphatic carbocycles. The van der Waals surface area contributed by atoms with E-state index in [0.29, 0.717) is 6.04 Å². The molecule has 0 radical (unpaired) electrons. The van der Waals surface area contributed by atoms with Gasteiger partial charge in [0.1, 0.15) is 0 Å². The van der Waals surface area contributed by atoms with Crippen LogP contribution in [0.1, 0.15) is 32.6 Å². The van der Waals surface area contributed by atoms with Crippen LogP contribution in [0.3, 0.4) is 0 Å². The van der Waals surface area contributed by atoms with Gasteiger partial charge in [0.15, 0.2) is 0 Å². The molecule has 16 heavy (non-hydrogen) atoms. The van der Waals surface area contributed by atoms with Crippen LogP contribution in [0.25, 0.3) is 0 Å². The van der Waals surface area contributed by atoms with E-state index in [4.69, 9.17) is 5.73 Å². The van der Waals surface area contributed by atoms with Crippen molar-refractivity contribution < 1.29 is 0 Å². The highest BCUT2D eigenvalue weighted by Gasteiger charge is 2.41. The highest BCUT2D eigenvalue weighted by molar-refractivity contribution is 4.98. The van der Waals surface area contributed by atoms with Gasteiger partial charge in [-0.3, -0.25) is 9.80 Å². The zero-order chi connectivity index (χ0) is 11.1. The summed E-state index contributed by atoms with van der Waals surface area (Å²) in [6.45, 7) is 7.45. The number of piperidine rings is 1. The zero-order valence-electron chi connectivity index (χ0n) is 10.4. The van der Waals surface area contributed by atoms with Gasteiger partial charge in [0.2, 0.25) is 0 Å². The molecule has 0 aromatic heterocycles. The molecule has 2 N–H and O–H groups in total. The summed E-state index contributed by atoms with van der Waals surface area (Å²) >= 11 is 0. The molecule has 0 spiro atoms. The Morgan fingerprint density at radius 3 is 2.62 bits per heavy atom. The van der Waals surface area contributed by atoms with Crippen LogP contribution in [0.2, 0.25) is 0 Å². The Morgan fingerprint density at radius 2 is 1.81 bits per heavy atom. The van der Waals surface area contributed by atoms with E-state index >= 15 is 0 Å². The van der Waals surface area contributed by atoms with E-state index in [1.807, 2.05) is 0 Å². The molecule has 3 aliphatic heterocycles. The topological polar surface area (TPSA) is 32.5 Å². The van der Waals surface area contributed by atoms with Crippen LogP contribution in [0.4, 0.5) is 0 Å². The molecule has 0 aromatic rings. The lowest BCUT2D eigenvalue weighted by Crippen LogP contribution is -2.53. The minimum Gasteiger partial charge on any atom is -0.327 e. The van der Waals surface area contributed by atoms with Crippen molar-refractivity contribution in [3.05, 3.63) is 0 Å². The molecule has 3 aliphatic rings. The van der Waals surface area contributed by atoms with Gasteiger partial charge in [-0.25, -0.2) is 0 Å². The first kappa shape index (κ1) is 11.0. The molecule has 3 fully saturated rings. The standard InChI is InChI=1S/C13H25N3/c1-10-7-11(14)9-16(8-10)13-4-6-15-5-2-3-12(13)15/h10-13H,2-9,14H2,1H3. The summed E-state index contributed by atoms with van der Waals surface area (Å²) in [5.41, 5.74) is 6.17. The number of nitrogens with two attached hydrogens (primary N) is 1. The van der Waals surface area contributed by atoms with Gasteiger partial charge < -0.3 is 5.73 Å². The Morgan fingerprint density at radius 1 is 1.00 bits per heavy atom. The molecule has 3 saturated heterocycles. The molecular formula is C13H25N3. The highest BCUT2D eigenvalue weighted by atomic mass is 15.3. The van der Waals surface area contributed by atoms with Crippen LogP contribution in [0.5, 0.6) is 0 Å². The van der Waals surface area contributed by atoms with Crippen molar-refractivity contribution in [3.63, 3.8) is 0 Å². The van der Waals surface area contributed by atoms with Crippen molar-refractivity contribution in [1.82, 2.24) is 9.80 Å². The molecule has 0 aromatic carbocycles. The second kappa shape index (κ2) is 4.28. The predicted molar refractivity (Wildman–Crippen MR) is 66.3 cm³/mol. The molecule has 0 amide bonds. The van der Waals surface area contributed by atoms with Gasteiger partial charge in [0, 0.05) is 37.8 Å². The van der Waals surface area contributed by atoms with Gasteiger partial charge in [-0.05, 0) is 38.1 Å². The predicted octanol–water partition coefficient (Wildman–Crippen LogP) is 0.892. The Balaban J connectivity index is 1.68. The lowest BCUT2D eigenvalue weighted by Gasteiger charge is -2.40. The molecule has 4 unspecified atom stereocenters. The molecular weight excluding hydrogens is 198 g/mol. The Kier molecular flexibility index (Phi) is 2.94. The van der Waals surface area contributed by atoms with Gasteiger partial charge in [-0.2, -0.15) is 0 Å². The summed E-state index contributed by atoms with van der Waals surface area (Å²) in [7, 11) is 0. The van der Waals surface area contributed by atoms with E-state index in [9.17, 15) is 0 Å². The van der Waals surface area contributed by atoms with Gasteiger partial charge in [-0.15, -0.1) is 0 Å². The zero-order valence-corrected chi connectivity index (χ0v) is 10.4. The van der Waals surface area contributed by atoms with Crippen molar-refractivity contribution >= 4 is 0 Å². The van der Waals surface area contributed by atoms with Crippen molar-refractivity contribution in [2.45, 2.75) is 50.7 Å². The maximum absolute atomic E-state index is 6.17. The molecule has 92 valence electrons. The summed E-state index contributed by atoms with van der Waals surface area (Å²) < 4.78 is 0. The summed E-state index contributed by atoms with van der Waals surface area (Å²) in [5.74, 6) is 0.791. The Hall–Kier alpha value is -0.120. The van der Waals surface area contributed by atoms with Crippen LogP contribution in [-0.2, 0) is 0 Å². The molecule has 3 rings (SSSR count). The summed E-state index contributed by atoms with van der Waals surface area (Å²) in [4.78, 5) is 5.41. The lowest BCUT2D eigenvalue weighted by atomic mass is 9.93. The van der Waals surface area contributed by atoms with Crippen molar-refractivity contribution in [1.29, 1.82) is 0 Å². The van der Waals surface area contributed by atoms with Gasteiger partial charge in [0.25, 0.3) is 0 Å². The number of hydrogen-bond donors (Lipinski definition) is 1. The van der Waals surface area contributed by atoms with Crippen molar-refractivity contribution in [2.75, 3.05) is 26.2 Å². The van der Waals surface area contributed by atoms with E-state index in [2.05, 4.69) is 16.7 Å². The third kappa shape index (κ3) is 1.89. The lowest BCUT2D eigenvalue weighted by molar-refractivity contribution is 0.0970. The molecule has 3 heteroatoms. The van der Waals surface area contributed by atoms with Crippen molar-refractivity contribution in [3.8, 4) is 0 Å². The second-order valence-electron chi connectivity index (χ2n) is 6.16. The quantitative estimate of drug-likeness (QED) is 0.716. The largest absolute Gasteiger partial charge is 0.327 e. The maximum Gasteiger partial charge on any atom is 0.0264 e. The number of nitrogens with zero attached hydrogens (tertiary/aromatic N) is 2. The third-order valence-electron chi connectivity index (χ3n) is 4.76. The normalized spacial score (nSPS) is 46.1. The van der Waals surface area contributed by atoms with Crippen LogP contribution in [0.15, 0.2) is 0 Å². The first-order valence-corrected chi connectivity index (χ1v) is 6.97. The van der Waals surface area contributed by atoms with Crippen molar-refractivity contribution in [2.24, 2.45) is 11.7 Å². The van der Waals surface area contributed by atoms with Gasteiger partial charge in [0.05, 0.1) is 0 Å². The van der Waals surface area contributed by atoms with E-state index in [-0.39, 0.29) is 0 Å². The van der Waals surface area contributed by atoms with Crippen LogP contribution in [0, 0.1) is 5.92 Å². The fourth-order valence-corrected chi connectivity index (χ4v) is 4.19. The van der Waals surface area contributed by atoms with E-state index in [1.165, 1.54) is 45.3 Å². The first-order chi connectivity index (χ1) is 7.74. The number of rotatable bonds is 1. The van der Waals surface area contributed by atoms with E-state index in [1.54, 1.807) is 0 Å².